The topological polar surface area (TPSA) is 44.3 Å². The van der Waals surface area contributed by atoms with Gasteiger partial charge in [0.2, 0.25) is 5.95 Å². The molecule has 0 saturated carbocycles. The maximum absolute atomic E-state index is 14.0. The minimum atomic E-state index is -1.52. The van der Waals surface area contributed by atoms with Crippen molar-refractivity contribution in [2.45, 2.75) is 6.92 Å². The molecule has 1 fully saturated rings. The van der Waals surface area contributed by atoms with E-state index >= 15 is 0 Å². The average molecular weight is 399 g/mol. The van der Waals surface area contributed by atoms with Gasteiger partial charge in [-0.25, -0.2) is 18.2 Å². The lowest BCUT2D eigenvalue weighted by atomic mass is 10.2. The largest absolute Gasteiger partial charge is 0.368 e. The number of aromatic nitrogens is 2. The average Bonchev–Trinajstić information content (AvgIpc) is 2.74. The molecular weight excluding hydrogens is 379 g/mol. The van der Waals surface area contributed by atoms with Crippen molar-refractivity contribution < 1.29 is 13.2 Å². The summed E-state index contributed by atoms with van der Waals surface area (Å²) in [6.07, 6.45) is 0. The van der Waals surface area contributed by atoms with Crippen molar-refractivity contribution in [3.63, 3.8) is 0 Å². The van der Waals surface area contributed by atoms with Crippen molar-refractivity contribution in [3.8, 4) is 0 Å². The van der Waals surface area contributed by atoms with E-state index in [9.17, 15) is 13.2 Å². The Labute approximate surface area is 166 Å². The summed E-state index contributed by atoms with van der Waals surface area (Å²) in [5.74, 6) is -3.19. The molecule has 1 aromatic heterocycles. The summed E-state index contributed by atoms with van der Waals surface area (Å²) in [7, 11) is 0. The van der Waals surface area contributed by atoms with Crippen LogP contribution in [0, 0.1) is 24.4 Å². The fourth-order valence-electron chi connectivity index (χ4n) is 3.32. The molecule has 0 spiro atoms. The van der Waals surface area contributed by atoms with Gasteiger partial charge in [-0.1, -0.05) is 18.2 Å². The molecule has 0 atom stereocenters. The van der Waals surface area contributed by atoms with Gasteiger partial charge in [-0.05, 0) is 31.2 Å². The second-order valence-electron chi connectivity index (χ2n) is 6.85. The molecule has 3 aromatic rings. The number of aryl methyl sites for hydroxylation is 1. The molecule has 0 radical (unpaired) electrons. The highest BCUT2D eigenvalue weighted by Crippen LogP contribution is 2.25. The number of nitrogens with one attached hydrogen (secondary N) is 1. The van der Waals surface area contributed by atoms with Crippen LogP contribution in [-0.2, 0) is 0 Å². The zero-order chi connectivity index (χ0) is 20.4. The van der Waals surface area contributed by atoms with E-state index in [0.717, 1.165) is 38.3 Å². The number of para-hydroxylation sites is 1. The quantitative estimate of drug-likeness (QED) is 0.664. The van der Waals surface area contributed by atoms with E-state index < -0.39 is 17.5 Å². The van der Waals surface area contributed by atoms with Gasteiger partial charge in [-0.15, -0.1) is 0 Å². The molecule has 0 unspecified atom stereocenters. The maximum Gasteiger partial charge on any atom is 0.227 e. The number of rotatable bonds is 4. The number of piperazine rings is 1. The fraction of sp³-hybridized carbons (Fsp3) is 0.238. The molecule has 2 heterocycles. The van der Waals surface area contributed by atoms with E-state index in [1.165, 1.54) is 5.69 Å². The standard InChI is InChI=1S/C21H20F3N5/c1-14-13-18(26-17-8-7-16(22)19(23)20(17)24)27-21(25-14)29-11-9-28(10-12-29)15-5-3-2-4-6-15/h2-8,13H,9-12H2,1H3,(H,25,26,27). The molecule has 1 saturated heterocycles. The Bertz CT molecular complexity index is 1000. The van der Waals surface area contributed by atoms with Gasteiger partial charge in [0.05, 0.1) is 5.69 Å². The third kappa shape index (κ3) is 4.11. The van der Waals surface area contributed by atoms with Gasteiger partial charge in [0.25, 0.3) is 0 Å². The number of hydrogen-bond acceptors (Lipinski definition) is 5. The predicted molar refractivity (Wildman–Crippen MR) is 107 cm³/mol. The van der Waals surface area contributed by atoms with Crippen molar-refractivity contribution in [2.24, 2.45) is 0 Å². The van der Waals surface area contributed by atoms with Crippen molar-refractivity contribution in [3.05, 3.63) is 71.7 Å². The maximum atomic E-state index is 14.0. The van der Waals surface area contributed by atoms with Crippen LogP contribution in [-0.4, -0.2) is 36.1 Å². The minimum Gasteiger partial charge on any atom is -0.368 e. The summed E-state index contributed by atoms with van der Waals surface area (Å²) in [5, 5.41) is 2.73. The van der Waals surface area contributed by atoms with Crippen LogP contribution in [0.3, 0.4) is 0 Å². The van der Waals surface area contributed by atoms with E-state index in [1.807, 2.05) is 18.2 Å². The van der Waals surface area contributed by atoms with Crippen molar-refractivity contribution >= 4 is 23.1 Å². The monoisotopic (exact) mass is 399 g/mol. The van der Waals surface area contributed by atoms with Gasteiger partial charge in [0.15, 0.2) is 17.5 Å². The van der Waals surface area contributed by atoms with E-state index in [4.69, 9.17) is 0 Å². The molecule has 4 rings (SSSR count). The molecule has 150 valence electrons. The third-order valence-electron chi connectivity index (χ3n) is 4.82. The first-order valence-corrected chi connectivity index (χ1v) is 9.32. The van der Waals surface area contributed by atoms with Gasteiger partial charge in [0, 0.05) is 43.6 Å². The van der Waals surface area contributed by atoms with Crippen LogP contribution < -0.4 is 15.1 Å². The Morgan fingerprint density at radius 2 is 1.52 bits per heavy atom. The Kier molecular flexibility index (Phi) is 5.24. The molecule has 1 aliphatic rings. The van der Waals surface area contributed by atoms with Crippen LogP contribution in [0.5, 0.6) is 0 Å². The van der Waals surface area contributed by atoms with Crippen LogP contribution in [0.25, 0.3) is 0 Å². The number of anilines is 4. The predicted octanol–water partition coefficient (Wildman–Crippen LogP) is 4.27. The second-order valence-corrected chi connectivity index (χ2v) is 6.85. The molecule has 1 aliphatic heterocycles. The fourth-order valence-corrected chi connectivity index (χ4v) is 3.32. The molecule has 0 aliphatic carbocycles. The van der Waals surface area contributed by atoms with Crippen molar-refractivity contribution in [2.75, 3.05) is 41.3 Å². The lowest BCUT2D eigenvalue weighted by Crippen LogP contribution is -2.47. The molecular formula is C21H20F3N5. The zero-order valence-electron chi connectivity index (χ0n) is 15.9. The van der Waals surface area contributed by atoms with Crippen LogP contribution in [0.4, 0.5) is 36.3 Å². The second kappa shape index (κ2) is 7.98. The minimum absolute atomic E-state index is 0.179. The van der Waals surface area contributed by atoms with Crippen LogP contribution in [0.1, 0.15) is 5.69 Å². The summed E-state index contributed by atoms with van der Waals surface area (Å²) in [5.41, 5.74) is 1.68. The van der Waals surface area contributed by atoms with E-state index in [2.05, 4.69) is 37.2 Å². The Morgan fingerprint density at radius 3 is 2.24 bits per heavy atom. The van der Waals surface area contributed by atoms with Gasteiger partial charge < -0.3 is 15.1 Å². The molecule has 5 nitrogen and oxygen atoms in total. The van der Waals surface area contributed by atoms with Crippen molar-refractivity contribution in [1.82, 2.24) is 9.97 Å². The van der Waals surface area contributed by atoms with Crippen molar-refractivity contribution in [1.29, 1.82) is 0 Å². The molecule has 29 heavy (non-hydrogen) atoms. The Balaban J connectivity index is 1.50. The number of benzene rings is 2. The zero-order valence-corrected chi connectivity index (χ0v) is 15.9. The van der Waals surface area contributed by atoms with Gasteiger partial charge in [-0.3, -0.25) is 0 Å². The van der Waals surface area contributed by atoms with E-state index in [-0.39, 0.29) is 5.69 Å². The van der Waals surface area contributed by atoms with E-state index in [0.29, 0.717) is 17.5 Å². The normalized spacial score (nSPS) is 14.2. The molecule has 2 aromatic carbocycles. The number of hydrogen-bond donors (Lipinski definition) is 1. The highest BCUT2D eigenvalue weighted by Gasteiger charge is 2.20. The Hall–Kier alpha value is -3.29. The molecule has 1 N–H and O–H groups in total. The van der Waals surface area contributed by atoms with Crippen LogP contribution >= 0.6 is 0 Å². The number of halogens is 3. The lowest BCUT2D eigenvalue weighted by Gasteiger charge is -2.36. The highest BCUT2D eigenvalue weighted by molar-refractivity contribution is 5.59. The summed E-state index contributed by atoms with van der Waals surface area (Å²) in [4.78, 5) is 13.3. The first-order valence-electron chi connectivity index (χ1n) is 9.32. The van der Waals surface area contributed by atoms with Gasteiger partial charge in [0.1, 0.15) is 5.82 Å². The van der Waals surface area contributed by atoms with Crippen LogP contribution in [0.2, 0.25) is 0 Å². The smallest absolute Gasteiger partial charge is 0.227 e. The Morgan fingerprint density at radius 1 is 0.828 bits per heavy atom. The first-order chi connectivity index (χ1) is 14.0. The molecule has 8 heteroatoms. The molecule has 0 amide bonds. The van der Waals surface area contributed by atoms with Gasteiger partial charge in [-0.2, -0.15) is 4.98 Å². The highest BCUT2D eigenvalue weighted by atomic mass is 19.2. The van der Waals surface area contributed by atoms with E-state index in [1.54, 1.807) is 13.0 Å². The third-order valence-corrected chi connectivity index (χ3v) is 4.82. The summed E-state index contributed by atoms with van der Waals surface area (Å²) < 4.78 is 40.6. The molecule has 0 bridgehead atoms. The number of nitrogens with zero attached hydrogens (tertiary/aromatic N) is 4. The SMILES string of the molecule is Cc1cc(Nc2ccc(F)c(F)c2F)nc(N2CCN(c3ccccc3)CC2)n1. The summed E-state index contributed by atoms with van der Waals surface area (Å²) >= 11 is 0. The lowest BCUT2D eigenvalue weighted by molar-refractivity contribution is 0.449. The van der Waals surface area contributed by atoms with Crippen LogP contribution in [0.15, 0.2) is 48.5 Å². The summed E-state index contributed by atoms with van der Waals surface area (Å²) in [6, 6.07) is 13.8. The first kappa shape index (κ1) is 19.0. The summed E-state index contributed by atoms with van der Waals surface area (Å²) in [6.45, 7) is 4.91. The van der Waals surface area contributed by atoms with Gasteiger partial charge >= 0.3 is 0 Å².